The summed E-state index contributed by atoms with van der Waals surface area (Å²) in [6, 6.07) is 8.59. The van der Waals surface area contributed by atoms with Crippen LogP contribution in [0.1, 0.15) is 33.3 Å². The van der Waals surface area contributed by atoms with E-state index in [1.807, 2.05) is 13.1 Å². The van der Waals surface area contributed by atoms with Gasteiger partial charge in [-0.1, -0.05) is 39.0 Å². The van der Waals surface area contributed by atoms with Crippen LogP contribution in [0, 0.1) is 5.92 Å². The molecule has 0 fully saturated rings. The van der Waals surface area contributed by atoms with Gasteiger partial charge in [-0.05, 0) is 36.3 Å². The Morgan fingerprint density at radius 2 is 2.00 bits per heavy atom. The first kappa shape index (κ1) is 14.6. The minimum atomic E-state index is 0.0783. The van der Waals surface area contributed by atoms with Crippen molar-refractivity contribution < 1.29 is 4.79 Å². The number of para-hydroxylation sites is 1. The van der Waals surface area contributed by atoms with E-state index in [0.717, 1.165) is 6.42 Å². The molecule has 1 heterocycles. The zero-order valence-electron chi connectivity index (χ0n) is 12.8. The second kappa shape index (κ2) is 6.12. The first-order valence-electron chi connectivity index (χ1n) is 7.39. The van der Waals surface area contributed by atoms with E-state index >= 15 is 0 Å². The SMILES string of the molecule is CCc1cccc2ccn(CC(=O)NC(C)C(C)C)c12. The van der Waals surface area contributed by atoms with Crippen molar-refractivity contribution in [1.82, 2.24) is 9.88 Å². The van der Waals surface area contributed by atoms with E-state index in [0.29, 0.717) is 12.5 Å². The van der Waals surface area contributed by atoms with Gasteiger partial charge in [-0.25, -0.2) is 0 Å². The second-order valence-corrected chi connectivity index (χ2v) is 5.75. The minimum absolute atomic E-state index is 0.0783. The maximum Gasteiger partial charge on any atom is 0.240 e. The van der Waals surface area contributed by atoms with Crippen LogP contribution in [-0.4, -0.2) is 16.5 Å². The van der Waals surface area contributed by atoms with Crippen molar-refractivity contribution in [3.63, 3.8) is 0 Å². The summed E-state index contributed by atoms with van der Waals surface area (Å²) < 4.78 is 2.05. The molecule has 0 aliphatic rings. The first-order valence-corrected chi connectivity index (χ1v) is 7.39. The second-order valence-electron chi connectivity index (χ2n) is 5.75. The van der Waals surface area contributed by atoms with Crippen LogP contribution in [0.15, 0.2) is 30.5 Å². The summed E-state index contributed by atoms with van der Waals surface area (Å²) in [6.45, 7) is 8.81. The number of carbonyl (C=O) groups is 1. The highest BCUT2D eigenvalue weighted by atomic mass is 16.2. The van der Waals surface area contributed by atoms with Gasteiger partial charge < -0.3 is 9.88 Å². The molecule has 1 unspecified atom stereocenters. The van der Waals surface area contributed by atoms with Gasteiger partial charge in [-0.3, -0.25) is 4.79 Å². The highest BCUT2D eigenvalue weighted by Gasteiger charge is 2.13. The number of rotatable bonds is 5. The number of aromatic nitrogens is 1. The molecule has 1 N–H and O–H groups in total. The van der Waals surface area contributed by atoms with Gasteiger partial charge in [0, 0.05) is 12.2 Å². The third kappa shape index (κ3) is 3.03. The lowest BCUT2D eigenvalue weighted by atomic mass is 10.1. The Kier molecular flexibility index (Phi) is 4.48. The Labute approximate surface area is 121 Å². The highest BCUT2D eigenvalue weighted by molar-refractivity contribution is 5.85. The van der Waals surface area contributed by atoms with Gasteiger partial charge in [-0.2, -0.15) is 0 Å². The standard InChI is InChI=1S/C17H24N2O/c1-5-14-7-6-8-15-9-10-19(17(14)15)11-16(20)18-13(4)12(2)3/h6-10,12-13H,5,11H2,1-4H3,(H,18,20). The van der Waals surface area contributed by atoms with Crippen molar-refractivity contribution in [2.24, 2.45) is 5.92 Å². The number of fused-ring (bicyclic) bond motifs is 1. The van der Waals surface area contributed by atoms with Gasteiger partial charge in [-0.15, -0.1) is 0 Å². The van der Waals surface area contributed by atoms with Crippen LogP contribution in [0.5, 0.6) is 0 Å². The third-order valence-corrected chi connectivity index (χ3v) is 3.96. The Balaban J connectivity index is 2.20. The summed E-state index contributed by atoms with van der Waals surface area (Å²) in [7, 11) is 0. The molecule has 0 saturated heterocycles. The zero-order valence-corrected chi connectivity index (χ0v) is 12.8. The molecule has 108 valence electrons. The van der Waals surface area contributed by atoms with Crippen LogP contribution in [0.2, 0.25) is 0 Å². The average molecular weight is 272 g/mol. The Morgan fingerprint density at radius 3 is 2.65 bits per heavy atom. The maximum absolute atomic E-state index is 12.1. The van der Waals surface area contributed by atoms with Crippen molar-refractivity contribution in [3.8, 4) is 0 Å². The Bertz CT molecular complexity index is 598. The molecule has 1 aromatic carbocycles. The molecule has 2 rings (SSSR count). The number of nitrogens with zero attached hydrogens (tertiary/aromatic N) is 1. The predicted molar refractivity (Wildman–Crippen MR) is 83.8 cm³/mol. The summed E-state index contributed by atoms with van der Waals surface area (Å²) in [5, 5.41) is 4.26. The molecule has 0 saturated carbocycles. The van der Waals surface area contributed by atoms with E-state index in [4.69, 9.17) is 0 Å². The number of amides is 1. The smallest absolute Gasteiger partial charge is 0.240 e. The number of carbonyl (C=O) groups excluding carboxylic acids is 1. The number of aryl methyl sites for hydroxylation is 1. The third-order valence-electron chi connectivity index (χ3n) is 3.96. The Hall–Kier alpha value is -1.77. The van der Waals surface area contributed by atoms with Gasteiger partial charge in [0.15, 0.2) is 0 Å². The van der Waals surface area contributed by atoms with Gasteiger partial charge in [0.25, 0.3) is 0 Å². The van der Waals surface area contributed by atoms with E-state index in [9.17, 15) is 4.79 Å². The normalized spacial score (nSPS) is 12.8. The van der Waals surface area contributed by atoms with Gasteiger partial charge in [0.05, 0.1) is 5.52 Å². The lowest BCUT2D eigenvalue weighted by molar-refractivity contribution is -0.122. The summed E-state index contributed by atoms with van der Waals surface area (Å²) in [5.74, 6) is 0.529. The van der Waals surface area contributed by atoms with Gasteiger partial charge in [0.2, 0.25) is 5.91 Å². The van der Waals surface area contributed by atoms with E-state index in [1.54, 1.807) is 0 Å². The molecule has 0 aliphatic heterocycles. The van der Waals surface area contributed by atoms with E-state index in [-0.39, 0.29) is 11.9 Å². The largest absolute Gasteiger partial charge is 0.352 e. The average Bonchev–Trinajstić information content (AvgIpc) is 2.81. The van der Waals surface area contributed by atoms with Crippen LogP contribution in [0.4, 0.5) is 0 Å². The van der Waals surface area contributed by atoms with Crippen LogP contribution in [0.25, 0.3) is 10.9 Å². The number of hydrogen-bond donors (Lipinski definition) is 1. The maximum atomic E-state index is 12.1. The fourth-order valence-electron chi connectivity index (χ4n) is 2.38. The quantitative estimate of drug-likeness (QED) is 0.889. The summed E-state index contributed by atoms with van der Waals surface area (Å²) >= 11 is 0. The lowest BCUT2D eigenvalue weighted by Crippen LogP contribution is -2.38. The molecular weight excluding hydrogens is 248 g/mol. The molecule has 20 heavy (non-hydrogen) atoms. The fraction of sp³-hybridized carbons (Fsp3) is 0.471. The molecule has 1 aromatic heterocycles. The number of benzene rings is 1. The highest BCUT2D eigenvalue weighted by Crippen LogP contribution is 2.20. The van der Waals surface area contributed by atoms with Crippen molar-refractivity contribution in [2.75, 3.05) is 0 Å². The van der Waals surface area contributed by atoms with Crippen molar-refractivity contribution in [2.45, 2.75) is 46.7 Å². The van der Waals surface area contributed by atoms with Crippen LogP contribution in [-0.2, 0) is 17.8 Å². The van der Waals surface area contributed by atoms with Crippen molar-refractivity contribution in [1.29, 1.82) is 0 Å². The molecule has 0 bridgehead atoms. The van der Waals surface area contributed by atoms with E-state index in [2.05, 4.69) is 54.9 Å². The Morgan fingerprint density at radius 1 is 1.25 bits per heavy atom. The van der Waals surface area contributed by atoms with Crippen LogP contribution < -0.4 is 5.32 Å². The van der Waals surface area contributed by atoms with Gasteiger partial charge >= 0.3 is 0 Å². The topological polar surface area (TPSA) is 34.0 Å². The fourth-order valence-corrected chi connectivity index (χ4v) is 2.38. The number of nitrogens with one attached hydrogen (secondary N) is 1. The molecular formula is C17H24N2O. The predicted octanol–water partition coefficient (Wildman–Crippen LogP) is 3.36. The molecule has 2 aromatic rings. The summed E-state index contributed by atoms with van der Waals surface area (Å²) in [5.41, 5.74) is 2.47. The molecule has 0 aliphatic carbocycles. The van der Waals surface area contributed by atoms with Gasteiger partial charge in [0.1, 0.15) is 6.54 Å². The molecule has 1 amide bonds. The molecule has 3 heteroatoms. The van der Waals surface area contributed by atoms with Crippen molar-refractivity contribution >= 4 is 16.8 Å². The monoisotopic (exact) mass is 272 g/mol. The van der Waals surface area contributed by atoms with Crippen LogP contribution in [0.3, 0.4) is 0 Å². The first-order chi connectivity index (χ1) is 9.52. The number of hydrogen-bond acceptors (Lipinski definition) is 1. The van der Waals surface area contributed by atoms with E-state index < -0.39 is 0 Å². The molecule has 0 radical (unpaired) electrons. The van der Waals surface area contributed by atoms with E-state index in [1.165, 1.54) is 16.5 Å². The summed E-state index contributed by atoms with van der Waals surface area (Å²) in [4.78, 5) is 12.1. The zero-order chi connectivity index (χ0) is 14.7. The molecule has 1 atom stereocenters. The lowest BCUT2D eigenvalue weighted by Gasteiger charge is -2.18. The molecule has 3 nitrogen and oxygen atoms in total. The van der Waals surface area contributed by atoms with Crippen molar-refractivity contribution in [3.05, 3.63) is 36.0 Å². The minimum Gasteiger partial charge on any atom is -0.352 e. The summed E-state index contributed by atoms with van der Waals surface area (Å²) in [6.07, 6.45) is 2.98. The molecule has 0 spiro atoms. The van der Waals surface area contributed by atoms with Crippen LogP contribution >= 0.6 is 0 Å².